The number of imide groups is 1. The fourth-order valence-electron chi connectivity index (χ4n) is 3.53. The van der Waals surface area contributed by atoms with Crippen molar-refractivity contribution in [1.82, 2.24) is 4.90 Å². The summed E-state index contributed by atoms with van der Waals surface area (Å²) in [7, 11) is 0. The largest absolute Gasteiger partial charge is 0.376 e. The van der Waals surface area contributed by atoms with E-state index in [1.165, 1.54) is 4.90 Å². The highest BCUT2D eigenvalue weighted by molar-refractivity contribution is 6.22. The molecule has 0 aliphatic carbocycles. The Hall–Kier alpha value is -2.25. The van der Waals surface area contributed by atoms with Gasteiger partial charge in [-0.05, 0) is 43.9 Å². The quantitative estimate of drug-likeness (QED) is 0.838. The van der Waals surface area contributed by atoms with E-state index in [9.17, 15) is 14.4 Å². The Morgan fingerprint density at radius 1 is 1.08 bits per heavy atom. The van der Waals surface area contributed by atoms with Crippen LogP contribution in [0.1, 0.15) is 46.4 Å². The van der Waals surface area contributed by atoms with Crippen LogP contribution in [0.5, 0.6) is 0 Å². The van der Waals surface area contributed by atoms with Gasteiger partial charge in [-0.3, -0.25) is 19.3 Å². The van der Waals surface area contributed by atoms with Crippen LogP contribution in [-0.4, -0.2) is 54.6 Å². The van der Waals surface area contributed by atoms with Gasteiger partial charge in [-0.15, -0.1) is 0 Å². The lowest BCUT2D eigenvalue weighted by Gasteiger charge is -2.17. The number of nitrogens with zero attached hydrogens (tertiary/aromatic N) is 1. The van der Waals surface area contributed by atoms with E-state index in [0.717, 1.165) is 19.3 Å². The van der Waals surface area contributed by atoms with Gasteiger partial charge in [0, 0.05) is 18.9 Å². The maximum absolute atomic E-state index is 12.6. The Labute approximate surface area is 145 Å². The summed E-state index contributed by atoms with van der Waals surface area (Å²) in [6, 6.07) is 4.81. The third-order valence-corrected chi connectivity index (χ3v) is 4.87. The second-order valence-electron chi connectivity index (χ2n) is 6.61. The van der Waals surface area contributed by atoms with Crippen LogP contribution in [0, 0.1) is 0 Å². The normalized spacial score (nSPS) is 25.5. The number of ether oxygens (including phenoxy) is 2. The zero-order valence-electron chi connectivity index (χ0n) is 13.8. The first-order chi connectivity index (χ1) is 12.1. The van der Waals surface area contributed by atoms with Gasteiger partial charge in [-0.1, -0.05) is 0 Å². The first-order valence-electron chi connectivity index (χ1n) is 8.68. The molecule has 2 atom stereocenters. The highest BCUT2D eigenvalue weighted by Gasteiger charge is 2.37. The number of hydrogen-bond acceptors (Lipinski definition) is 5. The molecular weight excluding hydrogens is 324 g/mol. The van der Waals surface area contributed by atoms with Crippen molar-refractivity contribution in [3.63, 3.8) is 0 Å². The van der Waals surface area contributed by atoms with Gasteiger partial charge in [0.2, 0.25) is 0 Å². The molecule has 0 bridgehead atoms. The topological polar surface area (TPSA) is 84.9 Å². The monoisotopic (exact) mass is 344 g/mol. The van der Waals surface area contributed by atoms with Crippen LogP contribution in [0.15, 0.2) is 18.2 Å². The minimum Gasteiger partial charge on any atom is -0.376 e. The van der Waals surface area contributed by atoms with E-state index < -0.39 is 6.10 Å². The van der Waals surface area contributed by atoms with Gasteiger partial charge in [0.1, 0.15) is 6.10 Å². The van der Waals surface area contributed by atoms with Crippen molar-refractivity contribution in [1.29, 1.82) is 0 Å². The lowest BCUT2D eigenvalue weighted by Crippen LogP contribution is -2.36. The van der Waals surface area contributed by atoms with Crippen molar-refractivity contribution in [2.75, 3.05) is 25.1 Å². The molecule has 3 aliphatic heterocycles. The van der Waals surface area contributed by atoms with Crippen molar-refractivity contribution in [2.45, 2.75) is 37.9 Å². The second kappa shape index (κ2) is 6.57. The number of rotatable bonds is 4. The summed E-state index contributed by atoms with van der Waals surface area (Å²) < 4.78 is 10.9. The fourth-order valence-corrected chi connectivity index (χ4v) is 3.53. The fraction of sp³-hybridized carbons (Fsp3) is 0.500. The summed E-state index contributed by atoms with van der Waals surface area (Å²) in [6.45, 7) is 1.55. The number of anilines is 1. The van der Waals surface area contributed by atoms with Gasteiger partial charge in [0.25, 0.3) is 17.7 Å². The van der Waals surface area contributed by atoms with Crippen LogP contribution in [0.25, 0.3) is 0 Å². The van der Waals surface area contributed by atoms with Crippen LogP contribution < -0.4 is 5.32 Å². The smallest absolute Gasteiger partial charge is 0.261 e. The molecule has 2 saturated heterocycles. The van der Waals surface area contributed by atoms with Crippen LogP contribution in [0.3, 0.4) is 0 Å². The first-order valence-corrected chi connectivity index (χ1v) is 8.68. The average Bonchev–Trinajstić information content (AvgIpc) is 3.34. The summed E-state index contributed by atoms with van der Waals surface area (Å²) in [5, 5.41) is 2.77. The van der Waals surface area contributed by atoms with Crippen LogP contribution in [0.2, 0.25) is 0 Å². The van der Waals surface area contributed by atoms with E-state index in [4.69, 9.17) is 9.47 Å². The molecule has 4 rings (SSSR count). The van der Waals surface area contributed by atoms with E-state index in [2.05, 4.69) is 5.32 Å². The van der Waals surface area contributed by atoms with E-state index in [-0.39, 0.29) is 30.4 Å². The zero-order chi connectivity index (χ0) is 17.4. The summed E-state index contributed by atoms with van der Waals surface area (Å²) in [5.41, 5.74) is 1.20. The third-order valence-electron chi connectivity index (χ3n) is 4.87. The Balaban J connectivity index is 1.49. The van der Waals surface area contributed by atoms with E-state index in [1.807, 2.05) is 0 Å². The number of amides is 3. The van der Waals surface area contributed by atoms with Crippen LogP contribution >= 0.6 is 0 Å². The Bertz CT molecular complexity index is 720. The van der Waals surface area contributed by atoms with Crippen LogP contribution in [-0.2, 0) is 14.3 Å². The highest BCUT2D eigenvalue weighted by atomic mass is 16.5. The molecule has 0 saturated carbocycles. The van der Waals surface area contributed by atoms with Crippen molar-refractivity contribution in [3.05, 3.63) is 29.3 Å². The number of hydrogen-bond donors (Lipinski definition) is 1. The number of carbonyl (C=O) groups excluding carboxylic acids is 3. The Morgan fingerprint density at radius 3 is 2.56 bits per heavy atom. The molecule has 0 unspecified atom stereocenters. The van der Waals surface area contributed by atoms with Gasteiger partial charge < -0.3 is 14.8 Å². The standard InChI is InChI=1S/C18H20N2O5/c21-16(15-4-2-8-25-15)19-11-5-6-13-14(9-11)18(23)20(17(13)22)10-12-3-1-7-24-12/h5-6,9,12,15H,1-4,7-8,10H2,(H,19,21)/t12-,15+/m1/s1. The molecule has 0 aromatic heterocycles. The highest BCUT2D eigenvalue weighted by Crippen LogP contribution is 2.28. The zero-order valence-corrected chi connectivity index (χ0v) is 13.8. The van der Waals surface area contributed by atoms with Gasteiger partial charge in [-0.25, -0.2) is 0 Å². The third kappa shape index (κ3) is 3.05. The average molecular weight is 344 g/mol. The van der Waals surface area contributed by atoms with Crippen molar-refractivity contribution in [3.8, 4) is 0 Å². The number of fused-ring (bicyclic) bond motifs is 1. The van der Waals surface area contributed by atoms with E-state index >= 15 is 0 Å². The van der Waals surface area contributed by atoms with Crippen molar-refractivity contribution < 1.29 is 23.9 Å². The van der Waals surface area contributed by atoms with Gasteiger partial charge in [0.05, 0.1) is 23.8 Å². The lowest BCUT2D eigenvalue weighted by atomic mass is 10.1. The molecule has 25 heavy (non-hydrogen) atoms. The molecule has 0 radical (unpaired) electrons. The summed E-state index contributed by atoms with van der Waals surface area (Å²) in [4.78, 5) is 38.5. The van der Waals surface area contributed by atoms with Gasteiger partial charge >= 0.3 is 0 Å². The minimum absolute atomic E-state index is 0.0825. The SMILES string of the molecule is O=C(Nc1ccc2c(c1)C(=O)N(C[C@H]1CCCO1)C2=O)[C@@H]1CCCO1. The maximum Gasteiger partial charge on any atom is 0.261 e. The summed E-state index contributed by atoms with van der Waals surface area (Å²) in [5.74, 6) is -0.846. The predicted octanol–water partition coefficient (Wildman–Crippen LogP) is 1.58. The summed E-state index contributed by atoms with van der Waals surface area (Å²) in [6.07, 6.45) is 2.85. The second-order valence-corrected chi connectivity index (χ2v) is 6.61. The maximum atomic E-state index is 12.6. The first kappa shape index (κ1) is 16.2. The number of benzene rings is 1. The molecule has 3 amide bonds. The molecular formula is C18H20N2O5. The minimum atomic E-state index is -0.443. The molecule has 1 aromatic rings. The molecule has 0 spiro atoms. The Kier molecular flexibility index (Phi) is 4.27. The number of carbonyl (C=O) groups is 3. The molecule has 7 nitrogen and oxygen atoms in total. The summed E-state index contributed by atoms with van der Waals surface area (Å²) >= 11 is 0. The predicted molar refractivity (Wildman–Crippen MR) is 88.4 cm³/mol. The van der Waals surface area contributed by atoms with Crippen LogP contribution in [0.4, 0.5) is 5.69 Å². The van der Waals surface area contributed by atoms with Crippen molar-refractivity contribution in [2.24, 2.45) is 0 Å². The molecule has 1 N–H and O–H groups in total. The lowest BCUT2D eigenvalue weighted by molar-refractivity contribution is -0.124. The van der Waals surface area contributed by atoms with E-state index in [0.29, 0.717) is 36.4 Å². The van der Waals surface area contributed by atoms with Crippen molar-refractivity contribution >= 4 is 23.4 Å². The Morgan fingerprint density at radius 2 is 1.84 bits per heavy atom. The van der Waals surface area contributed by atoms with Gasteiger partial charge in [-0.2, -0.15) is 0 Å². The molecule has 3 heterocycles. The molecule has 3 aliphatic rings. The number of nitrogens with one attached hydrogen (secondary N) is 1. The van der Waals surface area contributed by atoms with E-state index in [1.54, 1.807) is 18.2 Å². The molecule has 2 fully saturated rings. The molecule has 7 heteroatoms. The molecule has 132 valence electrons. The van der Waals surface area contributed by atoms with Gasteiger partial charge in [0.15, 0.2) is 0 Å². The molecule has 1 aromatic carbocycles.